The van der Waals surface area contributed by atoms with E-state index >= 15 is 0 Å². The van der Waals surface area contributed by atoms with Gasteiger partial charge in [-0.05, 0) is 25.2 Å². The minimum Gasteiger partial charge on any atom is -0.344 e. The lowest BCUT2D eigenvalue weighted by Gasteiger charge is -2.38. The Bertz CT molecular complexity index is 230. The molecule has 0 radical (unpaired) electrons. The fourth-order valence-corrected chi connectivity index (χ4v) is 2.60. The van der Waals surface area contributed by atoms with Crippen molar-refractivity contribution in [1.29, 1.82) is 0 Å². The second-order valence-electron chi connectivity index (χ2n) is 5.08. The van der Waals surface area contributed by atoms with Crippen molar-refractivity contribution in [2.24, 2.45) is 11.7 Å². The largest absolute Gasteiger partial charge is 0.344 e. The summed E-state index contributed by atoms with van der Waals surface area (Å²) in [5.41, 5.74) is 5.65. The van der Waals surface area contributed by atoms with Crippen molar-refractivity contribution in [3.63, 3.8) is 0 Å². The molecule has 0 aromatic rings. The van der Waals surface area contributed by atoms with Gasteiger partial charge in [0.15, 0.2) is 0 Å². The highest BCUT2D eigenvalue weighted by molar-refractivity contribution is 5.86. The topological polar surface area (TPSA) is 46.3 Å². The molecule has 1 saturated carbocycles. The maximum absolute atomic E-state index is 12.2. The summed E-state index contributed by atoms with van der Waals surface area (Å²) in [6.45, 7) is 5.08. The van der Waals surface area contributed by atoms with E-state index in [4.69, 9.17) is 5.73 Å². The molecule has 0 bridgehead atoms. The van der Waals surface area contributed by atoms with Crippen molar-refractivity contribution >= 4 is 5.91 Å². The van der Waals surface area contributed by atoms with E-state index < -0.39 is 5.54 Å². The summed E-state index contributed by atoms with van der Waals surface area (Å²) in [7, 11) is 1.86. The van der Waals surface area contributed by atoms with Gasteiger partial charge in [-0.3, -0.25) is 4.79 Å². The zero-order valence-corrected chi connectivity index (χ0v) is 10.3. The van der Waals surface area contributed by atoms with Crippen molar-refractivity contribution in [2.75, 3.05) is 13.6 Å². The first-order chi connectivity index (χ1) is 6.99. The molecular weight excluding hydrogens is 188 g/mol. The molecule has 3 nitrogen and oxygen atoms in total. The average molecular weight is 212 g/mol. The number of nitrogens with two attached hydrogens (primary N) is 1. The van der Waals surface area contributed by atoms with Crippen LogP contribution in [0.5, 0.6) is 0 Å². The van der Waals surface area contributed by atoms with E-state index in [9.17, 15) is 4.79 Å². The number of nitrogens with zero attached hydrogens (tertiary/aromatic N) is 1. The van der Waals surface area contributed by atoms with E-state index in [0.717, 1.165) is 32.2 Å². The first-order valence-corrected chi connectivity index (χ1v) is 6.04. The van der Waals surface area contributed by atoms with Crippen LogP contribution < -0.4 is 5.73 Å². The quantitative estimate of drug-likeness (QED) is 0.775. The first-order valence-electron chi connectivity index (χ1n) is 6.04. The monoisotopic (exact) mass is 212 g/mol. The van der Waals surface area contributed by atoms with Crippen LogP contribution in [0.4, 0.5) is 0 Å². The highest BCUT2D eigenvalue weighted by Crippen LogP contribution is 2.31. The summed E-state index contributed by atoms with van der Waals surface area (Å²) in [6, 6.07) is 0. The Morgan fingerprint density at radius 3 is 2.80 bits per heavy atom. The molecule has 1 rings (SSSR count). The number of hydrogen-bond acceptors (Lipinski definition) is 2. The van der Waals surface area contributed by atoms with Crippen LogP contribution >= 0.6 is 0 Å². The molecule has 2 atom stereocenters. The van der Waals surface area contributed by atoms with E-state index in [-0.39, 0.29) is 5.91 Å². The van der Waals surface area contributed by atoms with Gasteiger partial charge in [-0.25, -0.2) is 0 Å². The third kappa shape index (κ3) is 2.94. The molecule has 3 heteroatoms. The zero-order chi connectivity index (χ0) is 11.5. The summed E-state index contributed by atoms with van der Waals surface area (Å²) in [5.74, 6) is 0.721. The molecule has 1 aliphatic rings. The molecular formula is C12H24N2O. The Morgan fingerprint density at radius 1 is 1.60 bits per heavy atom. The third-order valence-electron chi connectivity index (χ3n) is 3.36. The molecule has 2 N–H and O–H groups in total. The molecule has 0 aliphatic heterocycles. The van der Waals surface area contributed by atoms with Gasteiger partial charge in [0.05, 0.1) is 5.54 Å². The predicted octanol–water partition coefficient (Wildman–Crippen LogP) is 1.76. The Labute approximate surface area is 93.0 Å². The van der Waals surface area contributed by atoms with Crippen molar-refractivity contribution in [1.82, 2.24) is 4.90 Å². The average Bonchev–Trinajstić information content (AvgIpc) is 2.16. The summed E-state index contributed by atoms with van der Waals surface area (Å²) < 4.78 is 0. The molecule has 2 unspecified atom stereocenters. The normalized spacial score (nSPS) is 31.3. The van der Waals surface area contributed by atoms with Crippen LogP contribution in [0.1, 0.15) is 46.0 Å². The number of rotatable bonds is 3. The van der Waals surface area contributed by atoms with E-state index in [0.29, 0.717) is 5.92 Å². The van der Waals surface area contributed by atoms with Gasteiger partial charge in [0.25, 0.3) is 0 Å². The second-order valence-corrected chi connectivity index (χ2v) is 5.08. The SMILES string of the molecule is CCCN(C)C(=O)C1(N)CCCC(C)C1. The minimum absolute atomic E-state index is 0.135. The van der Waals surface area contributed by atoms with Gasteiger partial charge < -0.3 is 10.6 Å². The van der Waals surface area contributed by atoms with Crippen molar-refractivity contribution in [2.45, 2.75) is 51.5 Å². The summed E-state index contributed by atoms with van der Waals surface area (Å²) in [5, 5.41) is 0. The lowest BCUT2D eigenvalue weighted by atomic mass is 9.76. The molecule has 1 aliphatic carbocycles. The first kappa shape index (κ1) is 12.5. The zero-order valence-electron chi connectivity index (χ0n) is 10.3. The Balaban J connectivity index is 2.63. The maximum atomic E-state index is 12.2. The highest BCUT2D eigenvalue weighted by Gasteiger charge is 2.39. The van der Waals surface area contributed by atoms with Crippen molar-refractivity contribution in [3.05, 3.63) is 0 Å². The van der Waals surface area contributed by atoms with Gasteiger partial charge in [-0.15, -0.1) is 0 Å². The lowest BCUT2D eigenvalue weighted by Crippen LogP contribution is -2.56. The molecule has 88 valence electrons. The van der Waals surface area contributed by atoms with Crippen LogP contribution in [-0.2, 0) is 4.79 Å². The summed E-state index contributed by atoms with van der Waals surface area (Å²) >= 11 is 0. The Hall–Kier alpha value is -0.570. The standard InChI is InChI=1S/C12H24N2O/c1-4-8-14(3)11(15)12(13)7-5-6-10(2)9-12/h10H,4-9,13H2,1-3H3. The maximum Gasteiger partial charge on any atom is 0.242 e. The number of likely N-dealkylation sites (N-methyl/N-ethyl adjacent to an activating group) is 1. The smallest absolute Gasteiger partial charge is 0.242 e. The fraction of sp³-hybridized carbons (Fsp3) is 0.917. The number of amides is 1. The molecule has 0 spiro atoms. The van der Waals surface area contributed by atoms with Crippen LogP contribution in [0, 0.1) is 5.92 Å². The Kier molecular flexibility index (Phi) is 4.14. The van der Waals surface area contributed by atoms with Crippen LogP contribution in [-0.4, -0.2) is 29.9 Å². The van der Waals surface area contributed by atoms with Crippen molar-refractivity contribution < 1.29 is 4.79 Å². The van der Waals surface area contributed by atoms with Gasteiger partial charge in [-0.1, -0.05) is 26.7 Å². The van der Waals surface area contributed by atoms with Gasteiger partial charge in [0.1, 0.15) is 0 Å². The number of hydrogen-bond donors (Lipinski definition) is 1. The number of carbonyl (C=O) groups is 1. The van der Waals surface area contributed by atoms with Gasteiger partial charge >= 0.3 is 0 Å². The van der Waals surface area contributed by atoms with Crippen LogP contribution in [0.3, 0.4) is 0 Å². The molecule has 15 heavy (non-hydrogen) atoms. The molecule has 0 saturated heterocycles. The van der Waals surface area contributed by atoms with Crippen LogP contribution in [0.15, 0.2) is 0 Å². The highest BCUT2D eigenvalue weighted by atomic mass is 16.2. The summed E-state index contributed by atoms with van der Waals surface area (Å²) in [6.07, 6.45) is 4.99. The summed E-state index contributed by atoms with van der Waals surface area (Å²) in [4.78, 5) is 13.9. The van der Waals surface area contributed by atoms with Crippen LogP contribution in [0.25, 0.3) is 0 Å². The van der Waals surface area contributed by atoms with Crippen molar-refractivity contribution in [3.8, 4) is 0 Å². The van der Waals surface area contributed by atoms with Gasteiger partial charge in [0, 0.05) is 13.6 Å². The van der Waals surface area contributed by atoms with Gasteiger partial charge in [-0.2, -0.15) is 0 Å². The lowest BCUT2D eigenvalue weighted by molar-refractivity contribution is -0.137. The number of carbonyl (C=O) groups excluding carboxylic acids is 1. The van der Waals surface area contributed by atoms with Crippen LogP contribution in [0.2, 0.25) is 0 Å². The van der Waals surface area contributed by atoms with E-state index in [1.165, 1.54) is 6.42 Å². The fourth-order valence-electron chi connectivity index (χ4n) is 2.60. The van der Waals surface area contributed by atoms with Gasteiger partial charge in [0.2, 0.25) is 5.91 Å². The molecule has 1 amide bonds. The molecule has 1 fully saturated rings. The third-order valence-corrected chi connectivity index (χ3v) is 3.36. The Morgan fingerprint density at radius 2 is 2.27 bits per heavy atom. The molecule has 0 heterocycles. The minimum atomic E-state index is -0.582. The van der Waals surface area contributed by atoms with E-state index in [1.54, 1.807) is 4.90 Å². The molecule has 0 aromatic carbocycles. The molecule has 0 aromatic heterocycles. The van der Waals surface area contributed by atoms with E-state index in [2.05, 4.69) is 13.8 Å². The predicted molar refractivity (Wildman–Crippen MR) is 62.5 cm³/mol. The second kappa shape index (κ2) is 4.97. The van der Waals surface area contributed by atoms with E-state index in [1.807, 2.05) is 7.05 Å².